The third-order valence-corrected chi connectivity index (χ3v) is 4.23. The fourth-order valence-electron chi connectivity index (χ4n) is 2.94. The van der Waals surface area contributed by atoms with Crippen molar-refractivity contribution in [2.24, 2.45) is 5.73 Å². The maximum Gasteiger partial charge on any atom is 0.229 e. The van der Waals surface area contributed by atoms with E-state index in [0.29, 0.717) is 38.1 Å². The number of hydrogen-bond acceptors (Lipinski definition) is 4. The molecule has 0 aromatic carbocycles. The lowest BCUT2D eigenvalue weighted by Gasteiger charge is -2.26. The number of hydrogen-bond donors (Lipinski definition) is 1. The third-order valence-electron chi connectivity index (χ3n) is 4.23. The van der Waals surface area contributed by atoms with Gasteiger partial charge in [0.05, 0.1) is 6.10 Å². The number of nitrogens with two attached hydrogens (primary N) is 1. The van der Waals surface area contributed by atoms with Gasteiger partial charge < -0.3 is 10.5 Å². The number of carbonyl (C=O) groups is 2. The molecule has 0 aromatic heterocycles. The van der Waals surface area contributed by atoms with Crippen LogP contribution in [0.4, 0.5) is 0 Å². The first-order valence-electron chi connectivity index (χ1n) is 7.87. The van der Waals surface area contributed by atoms with Crippen molar-refractivity contribution in [3.05, 3.63) is 0 Å². The van der Waals surface area contributed by atoms with Gasteiger partial charge in [-0.2, -0.15) is 0 Å². The summed E-state index contributed by atoms with van der Waals surface area (Å²) in [6, 6.07) is 0.335. The van der Waals surface area contributed by atoms with E-state index in [1.807, 2.05) is 0 Å². The molecule has 2 rings (SSSR count). The zero-order chi connectivity index (χ0) is 14.4. The van der Waals surface area contributed by atoms with Gasteiger partial charge in [-0.1, -0.05) is 0 Å². The molecule has 114 valence electrons. The molecule has 1 aliphatic carbocycles. The van der Waals surface area contributed by atoms with Crippen LogP contribution in [0.1, 0.15) is 57.8 Å². The summed E-state index contributed by atoms with van der Waals surface area (Å²) in [6.45, 7) is 1.13. The zero-order valence-corrected chi connectivity index (χ0v) is 12.2. The molecule has 0 bridgehead atoms. The van der Waals surface area contributed by atoms with E-state index in [1.165, 1.54) is 4.90 Å². The van der Waals surface area contributed by atoms with Crippen LogP contribution in [0.3, 0.4) is 0 Å². The molecule has 0 aromatic rings. The Labute approximate surface area is 120 Å². The molecule has 1 saturated carbocycles. The highest BCUT2D eigenvalue weighted by atomic mass is 16.5. The SMILES string of the molecule is NC1CCC(OCCCN2C(=O)CCCCC2=O)CC1. The Hall–Kier alpha value is -0.940. The monoisotopic (exact) mass is 282 g/mol. The van der Waals surface area contributed by atoms with Crippen LogP contribution in [0.5, 0.6) is 0 Å². The van der Waals surface area contributed by atoms with E-state index in [0.717, 1.165) is 44.9 Å². The van der Waals surface area contributed by atoms with Crippen molar-refractivity contribution in [3.8, 4) is 0 Å². The number of carbonyl (C=O) groups excluding carboxylic acids is 2. The van der Waals surface area contributed by atoms with Crippen molar-refractivity contribution < 1.29 is 14.3 Å². The van der Waals surface area contributed by atoms with Gasteiger partial charge in [-0.15, -0.1) is 0 Å². The molecule has 0 unspecified atom stereocenters. The number of nitrogens with zero attached hydrogens (tertiary/aromatic N) is 1. The third kappa shape index (κ3) is 4.56. The van der Waals surface area contributed by atoms with Crippen molar-refractivity contribution in [1.29, 1.82) is 0 Å². The molecule has 1 saturated heterocycles. The van der Waals surface area contributed by atoms with E-state index in [9.17, 15) is 9.59 Å². The Morgan fingerprint density at radius 2 is 1.65 bits per heavy atom. The van der Waals surface area contributed by atoms with Gasteiger partial charge >= 0.3 is 0 Å². The first-order valence-corrected chi connectivity index (χ1v) is 7.87. The first-order chi connectivity index (χ1) is 9.66. The Morgan fingerprint density at radius 1 is 1.05 bits per heavy atom. The zero-order valence-electron chi connectivity index (χ0n) is 12.2. The molecule has 0 radical (unpaired) electrons. The Balaban J connectivity index is 1.64. The van der Waals surface area contributed by atoms with Crippen LogP contribution in [0.25, 0.3) is 0 Å². The van der Waals surface area contributed by atoms with Crippen LogP contribution in [0, 0.1) is 0 Å². The van der Waals surface area contributed by atoms with E-state index in [2.05, 4.69) is 0 Å². The first kappa shape index (κ1) is 15.4. The molecule has 0 atom stereocenters. The molecular formula is C15H26N2O3. The Bertz CT molecular complexity index is 320. The second-order valence-electron chi connectivity index (χ2n) is 5.91. The van der Waals surface area contributed by atoms with E-state index >= 15 is 0 Å². The number of imide groups is 1. The number of likely N-dealkylation sites (tertiary alicyclic amines) is 1. The highest BCUT2D eigenvalue weighted by Gasteiger charge is 2.23. The van der Waals surface area contributed by atoms with Gasteiger partial charge in [-0.25, -0.2) is 0 Å². The summed E-state index contributed by atoms with van der Waals surface area (Å²) in [6.07, 6.45) is 7.86. The lowest BCUT2D eigenvalue weighted by molar-refractivity contribution is -0.144. The second kappa shape index (κ2) is 7.74. The van der Waals surface area contributed by atoms with Crippen molar-refractivity contribution in [2.75, 3.05) is 13.2 Å². The normalized spacial score (nSPS) is 28.6. The summed E-state index contributed by atoms with van der Waals surface area (Å²) >= 11 is 0. The van der Waals surface area contributed by atoms with Crippen LogP contribution in [-0.2, 0) is 14.3 Å². The van der Waals surface area contributed by atoms with Crippen LogP contribution in [0.2, 0.25) is 0 Å². The maximum atomic E-state index is 11.8. The quantitative estimate of drug-likeness (QED) is 0.614. The van der Waals surface area contributed by atoms with Crippen LogP contribution in [0.15, 0.2) is 0 Å². The molecule has 5 heteroatoms. The van der Waals surface area contributed by atoms with Crippen molar-refractivity contribution in [3.63, 3.8) is 0 Å². The minimum absolute atomic E-state index is 0.0175. The fraction of sp³-hybridized carbons (Fsp3) is 0.867. The molecule has 2 aliphatic rings. The Morgan fingerprint density at radius 3 is 2.25 bits per heavy atom. The second-order valence-corrected chi connectivity index (χ2v) is 5.91. The summed E-state index contributed by atoms with van der Waals surface area (Å²) in [5, 5.41) is 0. The van der Waals surface area contributed by atoms with E-state index in [-0.39, 0.29) is 11.8 Å². The molecule has 2 fully saturated rings. The van der Waals surface area contributed by atoms with Gasteiger partial charge in [0, 0.05) is 32.0 Å². The molecule has 5 nitrogen and oxygen atoms in total. The number of ether oxygens (including phenoxy) is 1. The predicted molar refractivity (Wildman–Crippen MR) is 76.0 cm³/mol. The van der Waals surface area contributed by atoms with Gasteiger partial charge in [0.25, 0.3) is 0 Å². The molecule has 20 heavy (non-hydrogen) atoms. The molecule has 0 spiro atoms. The maximum absolute atomic E-state index is 11.8. The predicted octanol–water partition coefficient (Wildman–Crippen LogP) is 1.59. The lowest BCUT2D eigenvalue weighted by atomic mass is 9.94. The summed E-state index contributed by atoms with van der Waals surface area (Å²) in [4.78, 5) is 25.0. The number of amides is 2. The topological polar surface area (TPSA) is 72.6 Å². The summed E-state index contributed by atoms with van der Waals surface area (Å²) < 4.78 is 5.82. The highest BCUT2D eigenvalue weighted by Crippen LogP contribution is 2.20. The van der Waals surface area contributed by atoms with E-state index in [4.69, 9.17) is 10.5 Å². The highest BCUT2D eigenvalue weighted by molar-refractivity contribution is 5.95. The lowest BCUT2D eigenvalue weighted by Crippen LogP contribution is -2.36. The standard InChI is InChI=1S/C15H26N2O3/c16-12-6-8-13(9-7-12)20-11-3-10-17-14(18)4-1-2-5-15(17)19/h12-13H,1-11,16H2. The van der Waals surface area contributed by atoms with Gasteiger partial charge in [0.15, 0.2) is 0 Å². The average Bonchev–Trinajstić information content (AvgIpc) is 2.59. The van der Waals surface area contributed by atoms with E-state index < -0.39 is 0 Å². The molecule has 2 N–H and O–H groups in total. The largest absolute Gasteiger partial charge is 0.378 e. The summed E-state index contributed by atoms with van der Waals surface area (Å²) in [5.74, 6) is -0.0349. The molecule has 1 heterocycles. The summed E-state index contributed by atoms with van der Waals surface area (Å²) in [7, 11) is 0. The summed E-state index contributed by atoms with van der Waals surface area (Å²) in [5.41, 5.74) is 5.86. The van der Waals surface area contributed by atoms with Crippen LogP contribution < -0.4 is 5.73 Å². The van der Waals surface area contributed by atoms with Crippen LogP contribution >= 0.6 is 0 Å². The minimum Gasteiger partial charge on any atom is -0.378 e. The molecule has 1 aliphatic heterocycles. The van der Waals surface area contributed by atoms with Gasteiger partial charge in [0.1, 0.15) is 0 Å². The molecule has 2 amide bonds. The van der Waals surface area contributed by atoms with Gasteiger partial charge in [-0.3, -0.25) is 14.5 Å². The van der Waals surface area contributed by atoms with Gasteiger partial charge in [-0.05, 0) is 44.9 Å². The van der Waals surface area contributed by atoms with Crippen molar-refractivity contribution in [2.45, 2.75) is 69.9 Å². The average molecular weight is 282 g/mol. The van der Waals surface area contributed by atoms with Crippen molar-refractivity contribution >= 4 is 11.8 Å². The van der Waals surface area contributed by atoms with E-state index in [1.54, 1.807) is 0 Å². The van der Waals surface area contributed by atoms with Gasteiger partial charge in [0.2, 0.25) is 11.8 Å². The van der Waals surface area contributed by atoms with Crippen molar-refractivity contribution in [1.82, 2.24) is 4.90 Å². The van der Waals surface area contributed by atoms with Crippen LogP contribution in [-0.4, -0.2) is 42.0 Å². The Kier molecular flexibility index (Phi) is 5.98. The molecular weight excluding hydrogens is 256 g/mol. The number of rotatable bonds is 5. The smallest absolute Gasteiger partial charge is 0.229 e. The fourth-order valence-corrected chi connectivity index (χ4v) is 2.94. The minimum atomic E-state index is -0.0175.